The number of carbonyl (C=O) groups is 1. The van der Waals surface area contributed by atoms with Gasteiger partial charge < -0.3 is 4.74 Å². The van der Waals surface area contributed by atoms with E-state index in [1.807, 2.05) is 42.5 Å². The smallest absolute Gasteiger partial charge is 0.310 e. The molecule has 18 heavy (non-hydrogen) atoms. The number of carbonyl (C=O) groups excluding carboxylic acids is 1. The van der Waals surface area contributed by atoms with Crippen LogP contribution in [0.25, 0.3) is 10.8 Å². The van der Waals surface area contributed by atoms with Crippen LogP contribution >= 0.6 is 23.2 Å². The van der Waals surface area contributed by atoms with Crippen LogP contribution in [-0.2, 0) is 16.0 Å². The van der Waals surface area contributed by atoms with E-state index in [1.165, 1.54) is 0 Å². The van der Waals surface area contributed by atoms with Gasteiger partial charge in [0.05, 0.1) is 6.42 Å². The summed E-state index contributed by atoms with van der Waals surface area (Å²) in [7, 11) is 0. The highest BCUT2D eigenvalue weighted by molar-refractivity contribution is 6.44. The summed E-state index contributed by atoms with van der Waals surface area (Å²) in [6, 6.07) is 13.8. The minimum atomic E-state index is -0.679. The Morgan fingerprint density at radius 1 is 1.11 bits per heavy atom. The van der Waals surface area contributed by atoms with E-state index in [-0.39, 0.29) is 19.0 Å². The monoisotopic (exact) mass is 282 g/mol. The molecule has 0 aliphatic carbocycles. The lowest BCUT2D eigenvalue weighted by Crippen LogP contribution is -2.12. The molecule has 2 aromatic carbocycles. The summed E-state index contributed by atoms with van der Waals surface area (Å²) in [5, 5.41) is 2.17. The average molecular weight is 283 g/mol. The molecule has 0 heterocycles. The number of benzene rings is 2. The van der Waals surface area contributed by atoms with Crippen molar-refractivity contribution in [2.75, 3.05) is 6.61 Å². The van der Waals surface area contributed by atoms with E-state index in [1.54, 1.807) is 0 Å². The van der Waals surface area contributed by atoms with Crippen LogP contribution in [-0.4, -0.2) is 17.4 Å². The van der Waals surface area contributed by atoms with E-state index < -0.39 is 4.84 Å². The summed E-state index contributed by atoms with van der Waals surface area (Å²) >= 11 is 11.0. The molecule has 2 aromatic rings. The Kier molecular flexibility index (Phi) is 4.45. The number of fused-ring (bicyclic) bond motifs is 1. The predicted molar refractivity (Wildman–Crippen MR) is 74.1 cm³/mol. The number of esters is 1. The molecule has 0 N–H and O–H groups in total. The molecule has 4 heteroatoms. The van der Waals surface area contributed by atoms with E-state index in [9.17, 15) is 4.79 Å². The number of rotatable bonds is 4. The quantitative estimate of drug-likeness (QED) is 0.631. The summed E-state index contributed by atoms with van der Waals surface area (Å²) in [5.41, 5.74) is 0.943. The first-order chi connectivity index (χ1) is 8.66. The van der Waals surface area contributed by atoms with Crippen LogP contribution in [0.5, 0.6) is 0 Å². The van der Waals surface area contributed by atoms with Gasteiger partial charge in [0.2, 0.25) is 0 Å². The second kappa shape index (κ2) is 6.07. The van der Waals surface area contributed by atoms with Crippen molar-refractivity contribution in [1.29, 1.82) is 0 Å². The van der Waals surface area contributed by atoms with Crippen molar-refractivity contribution in [1.82, 2.24) is 0 Å². The maximum atomic E-state index is 11.6. The molecule has 0 aliphatic heterocycles. The molecule has 0 bridgehead atoms. The Hall–Kier alpha value is -1.25. The first kappa shape index (κ1) is 13.2. The van der Waals surface area contributed by atoms with Gasteiger partial charge in [0.25, 0.3) is 0 Å². The minimum absolute atomic E-state index is 0.0205. The molecule has 2 nitrogen and oxygen atoms in total. The maximum absolute atomic E-state index is 11.6. The van der Waals surface area contributed by atoms with Gasteiger partial charge in [-0.2, -0.15) is 0 Å². The van der Waals surface area contributed by atoms with Crippen LogP contribution in [0, 0.1) is 0 Å². The van der Waals surface area contributed by atoms with Crippen molar-refractivity contribution in [2.24, 2.45) is 0 Å². The van der Waals surface area contributed by atoms with Gasteiger partial charge >= 0.3 is 5.97 Å². The highest BCUT2D eigenvalue weighted by Gasteiger charge is 2.09. The Bertz CT molecular complexity index is 547. The molecule has 0 unspecified atom stereocenters. The fraction of sp³-hybridized carbons (Fsp3) is 0.214. The second-order valence-electron chi connectivity index (χ2n) is 3.89. The number of ether oxygens (including phenoxy) is 1. The number of halogens is 2. The molecule has 94 valence electrons. The summed E-state index contributed by atoms with van der Waals surface area (Å²) in [4.78, 5) is 10.9. The van der Waals surface area contributed by atoms with Gasteiger partial charge in [-0.1, -0.05) is 42.5 Å². The maximum Gasteiger partial charge on any atom is 0.310 e. The van der Waals surface area contributed by atoms with Gasteiger partial charge in [-0.3, -0.25) is 4.79 Å². The lowest BCUT2D eigenvalue weighted by molar-refractivity contribution is -0.142. The third-order valence-electron chi connectivity index (χ3n) is 2.59. The molecule has 0 saturated carbocycles. The molecule has 0 spiro atoms. The molecule has 0 radical (unpaired) electrons. The van der Waals surface area contributed by atoms with E-state index >= 15 is 0 Å². The highest BCUT2D eigenvalue weighted by Crippen LogP contribution is 2.19. The Morgan fingerprint density at radius 3 is 2.61 bits per heavy atom. The third-order valence-corrected chi connectivity index (χ3v) is 2.84. The van der Waals surface area contributed by atoms with Crippen LogP contribution in [0.1, 0.15) is 5.56 Å². The van der Waals surface area contributed by atoms with Crippen LogP contribution in [0.4, 0.5) is 0 Å². The van der Waals surface area contributed by atoms with Crippen molar-refractivity contribution in [3.63, 3.8) is 0 Å². The fourth-order valence-corrected chi connectivity index (χ4v) is 1.94. The molecule has 0 saturated heterocycles. The fourth-order valence-electron chi connectivity index (χ4n) is 1.81. The van der Waals surface area contributed by atoms with Crippen molar-refractivity contribution in [3.8, 4) is 0 Å². The predicted octanol–water partition coefficient (Wildman–Crippen LogP) is 3.73. The SMILES string of the molecule is O=C(Cc1cccc2ccccc12)OCC(Cl)Cl. The van der Waals surface area contributed by atoms with Crippen molar-refractivity contribution in [3.05, 3.63) is 48.0 Å². The molecule has 0 fully saturated rings. The zero-order valence-corrected chi connectivity index (χ0v) is 11.1. The highest BCUT2D eigenvalue weighted by atomic mass is 35.5. The van der Waals surface area contributed by atoms with Crippen LogP contribution in [0.15, 0.2) is 42.5 Å². The standard InChI is InChI=1S/C14H12Cl2O2/c15-13(16)9-18-14(17)8-11-6-3-5-10-4-1-2-7-12(10)11/h1-7,13H,8-9H2. The Labute approximate surface area is 115 Å². The summed E-state index contributed by atoms with van der Waals surface area (Å²) in [5.74, 6) is -0.322. The molecule has 0 atom stereocenters. The lowest BCUT2D eigenvalue weighted by Gasteiger charge is -2.07. The van der Waals surface area contributed by atoms with E-state index in [0.717, 1.165) is 16.3 Å². The molecule has 0 aromatic heterocycles. The molecular weight excluding hydrogens is 271 g/mol. The average Bonchev–Trinajstić information content (AvgIpc) is 2.37. The van der Waals surface area contributed by atoms with E-state index in [2.05, 4.69) is 0 Å². The Morgan fingerprint density at radius 2 is 1.83 bits per heavy atom. The first-order valence-electron chi connectivity index (χ1n) is 5.57. The summed E-state index contributed by atoms with van der Waals surface area (Å²) < 4.78 is 4.95. The van der Waals surface area contributed by atoms with E-state index in [0.29, 0.717) is 0 Å². The third kappa shape index (κ3) is 3.37. The van der Waals surface area contributed by atoms with Crippen molar-refractivity contribution in [2.45, 2.75) is 11.3 Å². The summed E-state index contributed by atoms with van der Waals surface area (Å²) in [6.07, 6.45) is 0.224. The van der Waals surface area contributed by atoms with Crippen LogP contribution < -0.4 is 0 Å². The topological polar surface area (TPSA) is 26.3 Å². The van der Waals surface area contributed by atoms with Gasteiger partial charge in [-0.25, -0.2) is 0 Å². The van der Waals surface area contributed by atoms with Gasteiger partial charge in [0.15, 0.2) is 0 Å². The van der Waals surface area contributed by atoms with Gasteiger partial charge in [0.1, 0.15) is 11.4 Å². The van der Waals surface area contributed by atoms with Crippen LogP contribution in [0.2, 0.25) is 0 Å². The number of alkyl halides is 2. The van der Waals surface area contributed by atoms with Gasteiger partial charge in [-0.05, 0) is 16.3 Å². The lowest BCUT2D eigenvalue weighted by atomic mass is 10.0. The number of hydrogen-bond acceptors (Lipinski definition) is 2. The molecule has 2 rings (SSSR count). The summed E-state index contributed by atoms with van der Waals surface area (Å²) in [6.45, 7) is 0.0205. The zero-order chi connectivity index (χ0) is 13.0. The zero-order valence-electron chi connectivity index (χ0n) is 9.61. The minimum Gasteiger partial charge on any atom is -0.463 e. The van der Waals surface area contributed by atoms with E-state index in [4.69, 9.17) is 27.9 Å². The molecular formula is C14H12Cl2O2. The van der Waals surface area contributed by atoms with Gasteiger partial charge in [0, 0.05) is 0 Å². The van der Waals surface area contributed by atoms with Crippen molar-refractivity contribution < 1.29 is 9.53 Å². The first-order valence-corrected chi connectivity index (χ1v) is 6.44. The largest absolute Gasteiger partial charge is 0.463 e. The normalized spacial score (nSPS) is 10.8. The number of hydrogen-bond donors (Lipinski definition) is 0. The van der Waals surface area contributed by atoms with Gasteiger partial charge in [-0.15, -0.1) is 23.2 Å². The second-order valence-corrected chi connectivity index (χ2v) is 5.17. The molecule has 0 amide bonds. The Balaban J connectivity index is 2.14. The van der Waals surface area contributed by atoms with Crippen molar-refractivity contribution >= 4 is 39.9 Å². The van der Waals surface area contributed by atoms with Crippen LogP contribution in [0.3, 0.4) is 0 Å². The molecule has 0 aliphatic rings.